The third-order valence-electron chi connectivity index (χ3n) is 2.83. The molecule has 3 heteroatoms. The number of hydrogen-bond donors (Lipinski definition) is 1. The summed E-state index contributed by atoms with van der Waals surface area (Å²) < 4.78 is 13.5. The summed E-state index contributed by atoms with van der Waals surface area (Å²) in [6, 6.07) is 3.63. The molecular weight excluding hydrogens is 237 g/mol. The lowest BCUT2D eigenvalue weighted by molar-refractivity contribution is 0.459. The highest BCUT2D eigenvalue weighted by Gasteiger charge is 2.11. The maximum atomic E-state index is 13.5. The third kappa shape index (κ3) is 4.64. The van der Waals surface area contributed by atoms with Gasteiger partial charge in [0.25, 0.3) is 0 Å². The minimum Gasteiger partial charge on any atom is -0.326 e. The Kier molecular flexibility index (Phi) is 4.96. The van der Waals surface area contributed by atoms with Crippen molar-refractivity contribution in [2.45, 2.75) is 52.0 Å². The van der Waals surface area contributed by atoms with Gasteiger partial charge < -0.3 is 5.73 Å². The molecule has 0 aliphatic rings. The molecule has 1 aromatic rings. The van der Waals surface area contributed by atoms with Gasteiger partial charge in [0.2, 0.25) is 0 Å². The fourth-order valence-electron chi connectivity index (χ4n) is 1.86. The van der Waals surface area contributed by atoms with Crippen LogP contribution in [0.4, 0.5) is 4.39 Å². The number of rotatable bonds is 5. The lowest BCUT2D eigenvalue weighted by Gasteiger charge is -2.18. The second-order valence-corrected chi connectivity index (χ2v) is 5.65. The highest BCUT2D eigenvalue weighted by Crippen LogP contribution is 2.23. The second kappa shape index (κ2) is 5.83. The molecule has 17 heavy (non-hydrogen) atoms. The molecule has 0 atom stereocenters. The Morgan fingerprint density at radius 3 is 2.53 bits per heavy atom. The average Bonchev–Trinajstić information content (AvgIpc) is 2.21. The first-order valence-electron chi connectivity index (χ1n) is 6.09. The monoisotopic (exact) mass is 257 g/mol. The molecule has 0 bridgehead atoms. The largest absolute Gasteiger partial charge is 0.326 e. The van der Waals surface area contributed by atoms with Crippen LogP contribution in [0.25, 0.3) is 0 Å². The highest BCUT2D eigenvalue weighted by molar-refractivity contribution is 6.30. The molecule has 0 saturated carbocycles. The van der Waals surface area contributed by atoms with Crippen molar-refractivity contribution in [3.63, 3.8) is 0 Å². The number of hydrogen-bond acceptors (Lipinski definition) is 1. The van der Waals surface area contributed by atoms with Crippen molar-refractivity contribution < 1.29 is 4.39 Å². The maximum Gasteiger partial charge on any atom is 0.144 e. The van der Waals surface area contributed by atoms with E-state index in [1.54, 1.807) is 6.07 Å². The molecule has 0 radical (unpaired) electrons. The van der Waals surface area contributed by atoms with Gasteiger partial charge in [-0.15, -0.1) is 0 Å². The summed E-state index contributed by atoms with van der Waals surface area (Å²) in [5.41, 5.74) is 7.57. The Balaban J connectivity index is 2.69. The Morgan fingerprint density at radius 2 is 2.00 bits per heavy atom. The molecule has 0 heterocycles. The van der Waals surface area contributed by atoms with E-state index in [2.05, 4.69) is 0 Å². The van der Waals surface area contributed by atoms with Crippen molar-refractivity contribution in [3.8, 4) is 0 Å². The molecule has 0 aromatic heterocycles. The highest BCUT2D eigenvalue weighted by atomic mass is 35.5. The molecule has 0 saturated heterocycles. The molecule has 0 unspecified atom stereocenters. The van der Waals surface area contributed by atoms with E-state index in [1.807, 2.05) is 26.8 Å². The summed E-state index contributed by atoms with van der Waals surface area (Å²) in [5.74, 6) is -0.280. The Labute approximate surface area is 108 Å². The minimum absolute atomic E-state index is 0.141. The molecule has 0 amide bonds. The van der Waals surface area contributed by atoms with Crippen molar-refractivity contribution >= 4 is 11.6 Å². The predicted octanol–water partition coefficient (Wildman–Crippen LogP) is 4.10. The van der Waals surface area contributed by atoms with Crippen LogP contribution in [0, 0.1) is 5.82 Å². The number of halogens is 2. The van der Waals surface area contributed by atoms with Crippen molar-refractivity contribution in [3.05, 3.63) is 34.1 Å². The molecule has 1 rings (SSSR count). The summed E-state index contributed by atoms with van der Waals surface area (Å²) in [6.45, 7) is 5.96. The van der Waals surface area contributed by atoms with Crippen LogP contribution < -0.4 is 5.73 Å². The first-order valence-corrected chi connectivity index (χ1v) is 6.47. The third-order valence-corrected chi connectivity index (χ3v) is 3.11. The summed E-state index contributed by atoms with van der Waals surface area (Å²) in [6.07, 6.45) is 3.51. The smallest absolute Gasteiger partial charge is 0.144 e. The zero-order chi connectivity index (χ0) is 13.1. The quantitative estimate of drug-likeness (QED) is 0.844. The van der Waals surface area contributed by atoms with E-state index in [9.17, 15) is 4.39 Å². The molecule has 96 valence electrons. The normalized spacial score (nSPS) is 11.9. The Morgan fingerprint density at radius 1 is 1.35 bits per heavy atom. The van der Waals surface area contributed by atoms with Gasteiger partial charge in [0.1, 0.15) is 5.82 Å². The summed E-state index contributed by atoms with van der Waals surface area (Å²) in [5, 5.41) is 0.228. The van der Waals surface area contributed by atoms with Crippen molar-refractivity contribution in [1.29, 1.82) is 0 Å². The first kappa shape index (κ1) is 14.5. The maximum absolute atomic E-state index is 13.5. The topological polar surface area (TPSA) is 26.0 Å². The SMILES string of the molecule is CCc1cc(CCCC(C)(C)N)cc(Cl)c1F. The van der Waals surface area contributed by atoms with Crippen LogP contribution in [-0.4, -0.2) is 5.54 Å². The summed E-state index contributed by atoms with van der Waals surface area (Å²) in [7, 11) is 0. The summed E-state index contributed by atoms with van der Waals surface area (Å²) in [4.78, 5) is 0. The molecule has 1 aromatic carbocycles. The zero-order valence-electron chi connectivity index (χ0n) is 10.8. The minimum atomic E-state index is -0.280. The average molecular weight is 258 g/mol. The summed E-state index contributed by atoms with van der Waals surface area (Å²) >= 11 is 5.87. The predicted molar refractivity (Wildman–Crippen MR) is 72.0 cm³/mol. The molecule has 0 spiro atoms. The molecule has 0 fully saturated rings. The molecule has 0 aliphatic carbocycles. The van der Waals surface area contributed by atoms with Gasteiger partial charge >= 0.3 is 0 Å². The van der Waals surface area contributed by atoms with Crippen LogP contribution in [0.15, 0.2) is 12.1 Å². The van der Waals surface area contributed by atoms with Crippen molar-refractivity contribution in [2.24, 2.45) is 5.73 Å². The number of nitrogens with two attached hydrogens (primary N) is 1. The van der Waals surface area contributed by atoms with Crippen molar-refractivity contribution in [1.82, 2.24) is 0 Å². The van der Waals surface area contributed by atoms with Gasteiger partial charge in [-0.2, -0.15) is 0 Å². The molecular formula is C14H21ClFN. The van der Waals surface area contributed by atoms with Gasteiger partial charge in [-0.05, 0) is 56.7 Å². The van der Waals surface area contributed by atoms with E-state index >= 15 is 0 Å². The Bertz CT molecular complexity index is 383. The van der Waals surface area contributed by atoms with Gasteiger partial charge in [0.05, 0.1) is 5.02 Å². The molecule has 0 aliphatic heterocycles. The molecule has 1 nitrogen and oxygen atoms in total. The van der Waals surface area contributed by atoms with Gasteiger partial charge in [-0.3, -0.25) is 0 Å². The fraction of sp³-hybridized carbons (Fsp3) is 0.571. The number of aryl methyl sites for hydroxylation is 2. The van der Waals surface area contributed by atoms with Gasteiger partial charge in [0.15, 0.2) is 0 Å². The first-order chi connectivity index (χ1) is 7.83. The lowest BCUT2D eigenvalue weighted by atomic mass is 9.96. The standard InChI is InChI=1S/C14H21ClFN/c1-4-11-8-10(9-12(15)13(11)16)6-5-7-14(2,3)17/h8-9H,4-7,17H2,1-3H3. The van der Waals surface area contributed by atoms with E-state index in [1.165, 1.54) is 0 Å². The van der Waals surface area contributed by atoms with Crippen LogP contribution in [-0.2, 0) is 12.8 Å². The van der Waals surface area contributed by atoms with E-state index in [0.29, 0.717) is 12.0 Å². The second-order valence-electron chi connectivity index (χ2n) is 5.25. The van der Waals surface area contributed by atoms with Crippen LogP contribution in [0.3, 0.4) is 0 Å². The van der Waals surface area contributed by atoms with E-state index in [4.69, 9.17) is 17.3 Å². The van der Waals surface area contributed by atoms with Gasteiger partial charge in [-0.25, -0.2) is 4.39 Å². The van der Waals surface area contributed by atoms with E-state index in [-0.39, 0.29) is 16.4 Å². The van der Waals surface area contributed by atoms with Crippen molar-refractivity contribution in [2.75, 3.05) is 0 Å². The zero-order valence-corrected chi connectivity index (χ0v) is 11.6. The van der Waals surface area contributed by atoms with Crippen LogP contribution >= 0.6 is 11.6 Å². The van der Waals surface area contributed by atoms with Gasteiger partial charge in [0, 0.05) is 5.54 Å². The Hall–Kier alpha value is -0.600. The van der Waals surface area contributed by atoms with Crippen LogP contribution in [0.5, 0.6) is 0 Å². The van der Waals surface area contributed by atoms with Gasteiger partial charge in [-0.1, -0.05) is 24.6 Å². The van der Waals surface area contributed by atoms with E-state index in [0.717, 1.165) is 24.8 Å². The lowest BCUT2D eigenvalue weighted by Crippen LogP contribution is -2.31. The van der Waals surface area contributed by atoms with Crippen LogP contribution in [0.2, 0.25) is 5.02 Å². The molecule has 2 N–H and O–H groups in total. The van der Waals surface area contributed by atoms with Crippen LogP contribution in [0.1, 0.15) is 44.7 Å². The van der Waals surface area contributed by atoms with E-state index < -0.39 is 0 Å². The number of benzene rings is 1. The fourth-order valence-corrected chi connectivity index (χ4v) is 2.12.